The maximum Gasteiger partial charge on any atom is 0.326 e. The van der Waals surface area contributed by atoms with Crippen LogP contribution in [0.1, 0.15) is 39.0 Å². The molecule has 1 fully saturated rings. The largest absolute Gasteiger partial charge is 0.480 e. The molecule has 5 heteroatoms. The molecule has 0 aromatic heterocycles. The minimum absolute atomic E-state index is 0.0343. The molecule has 98 valence electrons. The zero-order valence-electron chi connectivity index (χ0n) is 10.3. The van der Waals surface area contributed by atoms with Crippen LogP contribution in [-0.4, -0.2) is 40.2 Å². The Bertz CT molecular complexity index is 283. The summed E-state index contributed by atoms with van der Waals surface area (Å²) < 4.78 is 0. The van der Waals surface area contributed by atoms with Crippen LogP contribution in [0.2, 0.25) is 0 Å². The summed E-state index contributed by atoms with van der Waals surface area (Å²) in [5, 5.41) is 9.20. The minimum Gasteiger partial charge on any atom is -0.480 e. The average molecular weight is 259 g/mol. The van der Waals surface area contributed by atoms with Crippen molar-refractivity contribution < 1.29 is 14.7 Å². The number of amides is 1. The highest BCUT2D eigenvalue weighted by Gasteiger charge is 2.36. The maximum atomic E-state index is 11.8. The number of carbonyl (C=O) groups is 2. The predicted octanol–water partition coefficient (Wildman–Crippen LogP) is 1.80. The smallest absolute Gasteiger partial charge is 0.326 e. The Morgan fingerprint density at radius 3 is 2.76 bits per heavy atom. The van der Waals surface area contributed by atoms with Crippen molar-refractivity contribution in [1.29, 1.82) is 0 Å². The number of hydrogen-bond donors (Lipinski definition) is 2. The second-order valence-corrected chi connectivity index (χ2v) is 5.01. The van der Waals surface area contributed by atoms with Gasteiger partial charge < -0.3 is 10.0 Å². The number of rotatable bonds is 7. The van der Waals surface area contributed by atoms with E-state index in [9.17, 15) is 14.7 Å². The Morgan fingerprint density at radius 2 is 2.29 bits per heavy atom. The molecule has 1 aliphatic rings. The van der Waals surface area contributed by atoms with Crippen LogP contribution in [-0.2, 0) is 9.59 Å². The summed E-state index contributed by atoms with van der Waals surface area (Å²) in [7, 11) is 0. The second kappa shape index (κ2) is 6.89. The molecule has 0 spiro atoms. The Morgan fingerprint density at radius 1 is 1.59 bits per heavy atom. The second-order valence-electron chi connectivity index (χ2n) is 4.65. The number of nitrogens with zero attached hydrogens (tertiary/aromatic N) is 1. The van der Waals surface area contributed by atoms with Crippen LogP contribution in [0.5, 0.6) is 0 Å². The van der Waals surface area contributed by atoms with E-state index in [-0.39, 0.29) is 11.8 Å². The maximum absolute atomic E-state index is 11.8. The number of thiol groups is 1. The lowest BCUT2D eigenvalue weighted by Crippen LogP contribution is -2.42. The third-order valence-electron chi connectivity index (χ3n) is 3.24. The molecule has 1 rings (SSSR count). The van der Waals surface area contributed by atoms with E-state index in [4.69, 9.17) is 0 Å². The van der Waals surface area contributed by atoms with Crippen molar-refractivity contribution in [1.82, 2.24) is 4.90 Å². The van der Waals surface area contributed by atoms with Gasteiger partial charge in [-0.25, -0.2) is 4.79 Å². The summed E-state index contributed by atoms with van der Waals surface area (Å²) in [5.74, 6) is -0.0649. The molecule has 0 radical (unpaired) electrons. The van der Waals surface area contributed by atoms with E-state index < -0.39 is 12.0 Å². The van der Waals surface area contributed by atoms with E-state index in [1.165, 1.54) is 4.90 Å². The molecule has 4 nitrogen and oxygen atoms in total. The first-order chi connectivity index (χ1) is 8.10. The van der Waals surface area contributed by atoms with Gasteiger partial charge in [-0.3, -0.25) is 4.79 Å². The standard InChI is InChI=1S/C12H21NO3S/c1-2-3-4-5-10(12(15)16)13-7-9(8-17)6-11(13)14/h9-10,17H,2-8H2,1H3,(H,15,16)/t9?,10-/m0/s1. The van der Waals surface area contributed by atoms with Gasteiger partial charge in [-0.2, -0.15) is 12.6 Å². The van der Waals surface area contributed by atoms with Crippen LogP contribution in [0.15, 0.2) is 0 Å². The molecule has 2 atom stereocenters. The highest BCUT2D eigenvalue weighted by Crippen LogP contribution is 2.23. The molecule has 0 saturated carbocycles. The number of aliphatic carboxylic acids is 1. The van der Waals surface area contributed by atoms with Gasteiger partial charge in [-0.1, -0.05) is 26.2 Å². The molecule has 0 aromatic carbocycles. The Hall–Kier alpha value is -0.710. The summed E-state index contributed by atoms with van der Waals surface area (Å²) in [6.45, 7) is 2.62. The molecule has 0 aliphatic carbocycles. The van der Waals surface area contributed by atoms with Gasteiger partial charge in [0, 0.05) is 13.0 Å². The van der Waals surface area contributed by atoms with Crippen LogP contribution in [0.25, 0.3) is 0 Å². The average Bonchev–Trinajstić information content (AvgIpc) is 2.65. The monoisotopic (exact) mass is 259 g/mol. The lowest BCUT2D eigenvalue weighted by molar-refractivity contribution is -0.148. The first-order valence-corrected chi connectivity index (χ1v) is 6.86. The van der Waals surface area contributed by atoms with Gasteiger partial charge in [0.05, 0.1) is 0 Å². The van der Waals surface area contributed by atoms with E-state index in [0.29, 0.717) is 25.1 Å². The highest BCUT2D eigenvalue weighted by atomic mass is 32.1. The Kier molecular flexibility index (Phi) is 5.82. The molecule has 0 bridgehead atoms. The molecule has 1 heterocycles. The molecule has 0 aromatic rings. The van der Waals surface area contributed by atoms with Crippen molar-refractivity contribution >= 4 is 24.5 Å². The normalized spacial score (nSPS) is 21.9. The van der Waals surface area contributed by atoms with Gasteiger partial charge in [0.15, 0.2) is 0 Å². The highest BCUT2D eigenvalue weighted by molar-refractivity contribution is 7.80. The van der Waals surface area contributed by atoms with Crippen LogP contribution in [0.3, 0.4) is 0 Å². The summed E-state index contributed by atoms with van der Waals surface area (Å²) >= 11 is 4.18. The number of carboxylic acids is 1. The number of carbonyl (C=O) groups excluding carboxylic acids is 1. The fraction of sp³-hybridized carbons (Fsp3) is 0.833. The van der Waals surface area contributed by atoms with Gasteiger partial charge in [0.1, 0.15) is 6.04 Å². The van der Waals surface area contributed by atoms with E-state index in [2.05, 4.69) is 19.6 Å². The van der Waals surface area contributed by atoms with Gasteiger partial charge in [0.2, 0.25) is 5.91 Å². The van der Waals surface area contributed by atoms with Crippen LogP contribution >= 0.6 is 12.6 Å². The number of likely N-dealkylation sites (tertiary alicyclic amines) is 1. The molecule has 1 saturated heterocycles. The summed E-state index contributed by atoms with van der Waals surface area (Å²) in [4.78, 5) is 24.5. The van der Waals surface area contributed by atoms with E-state index in [0.717, 1.165) is 19.3 Å². The fourth-order valence-corrected chi connectivity index (χ4v) is 2.48. The Balaban J connectivity index is 2.58. The number of carboxylic acid groups (broad SMARTS) is 1. The van der Waals surface area contributed by atoms with Crippen LogP contribution in [0, 0.1) is 5.92 Å². The van der Waals surface area contributed by atoms with Gasteiger partial charge in [0.25, 0.3) is 0 Å². The lowest BCUT2D eigenvalue weighted by Gasteiger charge is -2.24. The molecular formula is C12H21NO3S. The zero-order chi connectivity index (χ0) is 12.8. The first kappa shape index (κ1) is 14.4. The van der Waals surface area contributed by atoms with Crippen molar-refractivity contribution in [3.8, 4) is 0 Å². The topological polar surface area (TPSA) is 57.6 Å². The van der Waals surface area contributed by atoms with E-state index >= 15 is 0 Å². The third-order valence-corrected chi connectivity index (χ3v) is 3.76. The van der Waals surface area contributed by atoms with Crippen molar-refractivity contribution in [2.45, 2.75) is 45.1 Å². The lowest BCUT2D eigenvalue weighted by atomic mass is 10.1. The molecule has 1 aliphatic heterocycles. The minimum atomic E-state index is -0.880. The molecular weight excluding hydrogens is 238 g/mol. The Labute approximate surface area is 108 Å². The number of hydrogen-bond acceptors (Lipinski definition) is 3. The summed E-state index contributed by atoms with van der Waals surface area (Å²) in [6, 6.07) is -0.640. The van der Waals surface area contributed by atoms with Crippen molar-refractivity contribution in [2.24, 2.45) is 5.92 Å². The first-order valence-electron chi connectivity index (χ1n) is 6.23. The molecule has 1 N–H and O–H groups in total. The van der Waals surface area contributed by atoms with Gasteiger partial charge in [-0.05, 0) is 18.1 Å². The van der Waals surface area contributed by atoms with Crippen molar-refractivity contribution in [2.75, 3.05) is 12.3 Å². The van der Waals surface area contributed by atoms with Crippen LogP contribution < -0.4 is 0 Å². The van der Waals surface area contributed by atoms with Crippen molar-refractivity contribution in [3.05, 3.63) is 0 Å². The molecule has 1 amide bonds. The SMILES string of the molecule is CCCCC[C@@H](C(=O)O)N1CC(CS)CC1=O. The van der Waals surface area contributed by atoms with Gasteiger partial charge >= 0.3 is 5.97 Å². The summed E-state index contributed by atoms with van der Waals surface area (Å²) in [5.41, 5.74) is 0. The zero-order valence-corrected chi connectivity index (χ0v) is 11.2. The molecule has 1 unspecified atom stereocenters. The van der Waals surface area contributed by atoms with Crippen LogP contribution in [0.4, 0.5) is 0 Å². The van der Waals surface area contributed by atoms with E-state index in [1.807, 2.05) is 0 Å². The number of unbranched alkanes of at least 4 members (excludes halogenated alkanes) is 2. The predicted molar refractivity (Wildman–Crippen MR) is 69.2 cm³/mol. The summed E-state index contributed by atoms with van der Waals surface area (Å²) in [6.07, 6.45) is 3.94. The quantitative estimate of drug-likeness (QED) is 0.541. The van der Waals surface area contributed by atoms with Crippen molar-refractivity contribution in [3.63, 3.8) is 0 Å². The van der Waals surface area contributed by atoms with E-state index in [1.54, 1.807) is 0 Å². The third kappa shape index (κ3) is 3.91. The molecule has 17 heavy (non-hydrogen) atoms. The fourth-order valence-electron chi connectivity index (χ4n) is 2.23. The van der Waals surface area contributed by atoms with Gasteiger partial charge in [-0.15, -0.1) is 0 Å².